The lowest BCUT2D eigenvalue weighted by atomic mass is 10.1. The molecule has 2 N–H and O–H groups in total. The molecular weight excluding hydrogens is 382 g/mol. The number of aryl methyl sites for hydroxylation is 1. The SMILES string of the molecule is CC[C@@H](NC(=O)c1cccc(NC(=O)[C@@H]2CCCO2)c1)c1nnc2n1CCCCC2. The van der Waals surface area contributed by atoms with Crippen LogP contribution in [0.4, 0.5) is 5.69 Å². The monoisotopic (exact) mass is 411 g/mol. The van der Waals surface area contributed by atoms with E-state index < -0.39 is 6.10 Å². The molecular formula is C22H29N5O3. The summed E-state index contributed by atoms with van der Waals surface area (Å²) < 4.78 is 7.59. The van der Waals surface area contributed by atoms with E-state index in [0.29, 0.717) is 17.9 Å². The zero-order valence-electron chi connectivity index (χ0n) is 17.4. The fraction of sp³-hybridized carbons (Fsp3) is 0.545. The van der Waals surface area contributed by atoms with E-state index in [1.165, 1.54) is 6.42 Å². The van der Waals surface area contributed by atoms with Crippen molar-refractivity contribution >= 4 is 17.5 Å². The molecule has 1 saturated heterocycles. The van der Waals surface area contributed by atoms with Gasteiger partial charge in [-0.1, -0.05) is 19.4 Å². The average Bonchev–Trinajstić information content (AvgIpc) is 3.38. The van der Waals surface area contributed by atoms with Crippen molar-refractivity contribution in [3.8, 4) is 0 Å². The Hall–Kier alpha value is -2.74. The van der Waals surface area contributed by atoms with Crippen molar-refractivity contribution < 1.29 is 14.3 Å². The molecule has 0 spiro atoms. The summed E-state index contributed by atoms with van der Waals surface area (Å²) in [5.41, 5.74) is 1.08. The minimum Gasteiger partial charge on any atom is -0.368 e. The number of carbonyl (C=O) groups is 2. The predicted octanol–water partition coefficient (Wildman–Crippen LogP) is 3.00. The standard InChI is InChI=1S/C22H29N5O3/c1-2-17(20-26-25-19-11-4-3-5-12-27(19)20)24-21(28)15-8-6-9-16(14-15)23-22(29)18-10-7-13-30-18/h6,8-9,14,17-18H,2-5,7,10-13H2,1H3,(H,23,29)(H,24,28)/t17-,18+/m1/s1. The molecule has 0 radical (unpaired) electrons. The van der Waals surface area contributed by atoms with Crippen LogP contribution >= 0.6 is 0 Å². The predicted molar refractivity (Wildman–Crippen MR) is 112 cm³/mol. The number of nitrogens with zero attached hydrogens (tertiary/aromatic N) is 3. The van der Waals surface area contributed by atoms with Crippen LogP contribution in [-0.2, 0) is 22.5 Å². The maximum Gasteiger partial charge on any atom is 0.253 e. The van der Waals surface area contributed by atoms with Crippen LogP contribution in [0.25, 0.3) is 0 Å². The molecule has 0 aliphatic carbocycles. The molecule has 2 aromatic rings. The lowest BCUT2D eigenvalue weighted by molar-refractivity contribution is -0.124. The molecule has 8 heteroatoms. The number of ether oxygens (including phenoxy) is 1. The maximum absolute atomic E-state index is 12.9. The summed E-state index contributed by atoms with van der Waals surface area (Å²) in [5.74, 6) is 1.48. The Bertz CT molecular complexity index is 904. The summed E-state index contributed by atoms with van der Waals surface area (Å²) in [6.45, 7) is 3.54. The summed E-state index contributed by atoms with van der Waals surface area (Å²) in [6, 6.07) is 6.78. The number of anilines is 1. The van der Waals surface area contributed by atoms with Crippen molar-refractivity contribution in [3.05, 3.63) is 41.5 Å². The molecule has 30 heavy (non-hydrogen) atoms. The number of benzene rings is 1. The third kappa shape index (κ3) is 4.53. The molecule has 1 aromatic heterocycles. The highest BCUT2D eigenvalue weighted by atomic mass is 16.5. The molecule has 2 aliphatic rings. The number of hydrogen-bond acceptors (Lipinski definition) is 5. The van der Waals surface area contributed by atoms with Crippen LogP contribution in [0.15, 0.2) is 24.3 Å². The Morgan fingerprint density at radius 3 is 2.93 bits per heavy atom. The quantitative estimate of drug-likeness (QED) is 0.761. The molecule has 8 nitrogen and oxygen atoms in total. The van der Waals surface area contributed by atoms with Crippen LogP contribution in [0.5, 0.6) is 0 Å². The van der Waals surface area contributed by atoms with E-state index in [9.17, 15) is 9.59 Å². The van der Waals surface area contributed by atoms with Crippen molar-refractivity contribution in [2.24, 2.45) is 0 Å². The summed E-state index contributed by atoms with van der Waals surface area (Å²) in [7, 11) is 0. The second-order valence-corrected chi connectivity index (χ2v) is 7.94. The largest absolute Gasteiger partial charge is 0.368 e. The summed E-state index contributed by atoms with van der Waals surface area (Å²) in [4.78, 5) is 25.2. The Labute approximate surface area is 176 Å². The first kappa shape index (κ1) is 20.5. The van der Waals surface area contributed by atoms with Crippen LogP contribution < -0.4 is 10.6 Å². The fourth-order valence-corrected chi connectivity index (χ4v) is 4.10. The number of nitrogens with one attached hydrogen (secondary N) is 2. The smallest absolute Gasteiger partial charge is 0.253 e. The van der Waals surface area contributed by atoms with Gasteiger partial charge in [-0.3, -0.25) is 9.59 Å². The topological polar surface area (TPSA) is 98.1 Å². The molecule has 2 amide bonds. The Balaban J connectivity index is 1.45. The third-order valence-electron chi connectivity index (χ3n) is 5.78. The van der Waals surface area contributed by atoms with Gasteiger partial charge in [0.2, 0.25) is 0 Å². The molecule has 3 heterocycles. The Morgan fingerprint density at radius 1 is 1.23 bits per heavy atom. The van der Waals surface area contributed by atoms with Gasteiger partial charge in [-0.2, -0.15) is 0 Å². The normalized spacial score (nSPS) is 19.6. The van der Waals surface area contributed by atoms with E-state index in [0.717, 1.165) is 56.7 Å². The number of hydrogen-bond donors (Lipinski definition) is 2. The Kier molecular flexibility index (Phi) is 6.42. The van der Waals surface area contributed by atoms with E-state index in [4.69, 9.17) is 4.74 Å². The summed E-state index contributed by atoms with van der Waals surface area (Å²) in [5, 5.41) is 14.7. The summed E-state index contributed by atoms with van der Waals surface area (Å²) in [6.07, 6.45) is 6.30. The molecule has 2 aliphatic heterocycles. The lowest BCUT2D eigenvalue weighted by Crippen LogP contribution is -2.31. The van der Waals surface area contributed by atoms with E-state index in [1.54, 1.807) is 24.3 Å². The van der Waals surface area contributed by atoms with E-state index >= 15 is 0 Å². The number of carbonyl (C=O) groups excluding carboxylic acids is 2. The number of rotatable bonds is 6. The second kappa shape index (κ2) is 9.38. The number of aromatic nitrogens is 3. The van der Waals surface area contributed by atoms with E-state index in [1.807, 2.05) is 6.92 Å². The van der Waals surface area contributed by atoms with Crippen LogP contribution in [0.3, 0.4) is 0 Å². The Morgan fingerprint density at radius 2 is 2.13 bits per heavy atom. The fourth-order valence-electron chi connectivity index (χ4n) is 4.10. The molecule has 160 valence electrons. The lowest BCUT2D eigenvalue weighted by Gasteiger charge is -2.18. The molecule has 0 bridgehead atoms. The maximum atomic E-state index is 12.9. The first-order valence-electron chi connectivity index (χ1n) is 10.9. The second-order valence-electron chi connectivity index (χ2n) is 7.94. The summed E-state index contributed by atoms with van der Waals surface area (Å²) >= 11 is 0. The van der Waals surface area contributed by atoms with Crippen LogP contribution in [0.2, 0.25) is 0 Å². The molecule has 2 atom stereocenters. The molecule has 1 aromatic carbocycles. The first-order chi connectivity index (χ1) is 14.7. The van der Waals surface area contributed by atoms with Crippen molar-refractivity contribution in [2.75, 3.05) is 11.9 Å². The van der Waals surface area contributed by atoms with Crippen molar-refractivity contribution in [1.29, 1.82) is 0 Å². The molecule has 0 saturated carbocycles. The van der Waals surface area contributed by atoms with Crippen LogP contribution in [0.1, 0.15) is 73.5 Å². The van der Waals surface area contributed by atoms with Gasteiger partial charge in [-0.15, -0.1) is 10.2 Å². The minimum absolute atomic E-state index is 0.164. The van der Waals surface area contributed by atoms with Gasteiger partial charge in [0.1, 0.15) is 11.9 Å². The zero-order valence-corrected chi connectivity index (χ0v) is 17.4. The van der Waals surface area contributed by atoms with Gasteiger partial charge < -0.3 is 19.9 Å². The molecule has 4 rings (SSSR count). The van der Waals surface area contributed by atoms with Crippen LogP contribution in [0, 0.1) is 0 Å². The van der Waals surface area contributed by atoms with E-state index in [-0.39, 0.29) is 17.9 Å². The highest BCUT2D eigenvalue weighted by Gasteiger charge is 2.25. The highest BCUT2D eigenvalue weighted by molar-refractivity contribution is 5.98. The first-order valence-corrected chi connectivity index (χ1v) is 10.9. The number of amides is 2. The van der Waals surface area contributed by atoms with Gasteiger partial charge in [-0.25, -0.2) is 0 Å². The van der Waals surface area contributed by atoms with Gasteiger partial charge in [0.15, 0.2) is 5.82 Å². The van der Waals surface area contributed by atoms with E-state index in [2.05, 4.69) is 25.4 Å². The molecule has 0 unspecified atom stereocenters. The van der Waals surface area contributed by atoms with Gasteiger partial charge in [0, 0.05) is 30.8 Å². The average molecular weight is 412 g/mol. The van der Waals surface area contributed by atoms with Gasteiger partial charge in [0.25, 0.3) is 11.8 Å². The van der Waals surface area contributed by atoms with Gasteiger partial charge in [-0.05, 0) is 50.3 Å². The minimum atomic E-state index is -0.407. The highest BCUT2D eigenvalue weighted by Crippen LogP contribution is 2.22. The number of fused-ring (bicyclic) bond motifs is 1. The van der Waals surface area contributed by atoms with Crippen molar-refractivity contribution in [2.45, 2.75) is 70.6 Å². The van der Waals surface area contributed by atoms with Gasteiger partial charge >= 0.3 is 0 Å². The van der Waals surface area contributed by atoms with Crippen molar-refractivity contribution in [3.63, 3.8) is 0 Å². The van der Waals surface area contributed by atoms with Crippen LogP contribution in [-0.4, -0.2) is 39.3 Å². The molecule has 1 fully saturated rings. The third-order valence-corrected chi connectivity index (χ3v) is 5.78. The zero-order chi connectivity index (χ0) is 20.9. The van der Waals surface area contributed by atoms with Crippen molar-refractivity contribution in [1.82, 2.24) is 20.1 Å². The van der Waals surface area contributed by atoms with Gasteiger partial charge in [0.05, 0.1) is 6.04 Å².